The molecule has 1 aromatic carbocycles. The lowest BCUT2D eigenvalue weighted by molar-refractivity contribution is -0.138. The van der Waals surface area contributed by atoms with Gasteiger partial charge in [0.15, 0.2) is 0 Å². The minimum Gasteiger partial charge on any atom is -0.367 e. The maximum absolute atomic E-state index is 13.6. The summed E-state index contributed by atoms with van der Waals surface area (Å²) in [7, 11) is 1.88. The van der Waals surface area contributed by atoms with Gasteiger partial charge < -0.3 is 9.88 Å². The van der Waals surface area contributed by atoms with Crippen molar-refractivity contribution in [3.05, 3.63) is 64.7 Å². The van der Waals surface area contributed by atoms with Crippen molar-refractivity contribution in [3.8, 4) is 0 Å². The van der Waals surface area contributed by atoms with Crippen molar-refractivity contribution < 1.29 is 18.0 Å². The number of nitrogens with zero attached hydrogens (tertiary/aromatic N) is 5. The highest BCUT2D eigenvalue weighted by Crippen LogP contribution is 2.39. The smallest absolute Gasteiger partial charge is 0.367 e. The molecule has 0 radical (unpaired) electrons. The average molecular weight is 470 g/mol. The first kappa shape index (κ1) is 22.4. The summed E-state index contributed by atoms with van der Waals surface area (Å²) in [4.78, 5) is 19.1. The fraction of sp³-hybridized carbons (Fsp3) is 0.417. The number of anilines is 2. The number of carbonyl (C=O) groups excluding carboxylic acids is 1. The van der Waals surface area contributed by atoms with Crippen molar-refractivity contribution in [2.75, 3.05) is 10.2 Å². The molecule has 1 aliphatic carbocycles. The summed E-state index contributed by atoms with van der Waals surface area (Å²) in [5.41, 5.74) is 0.214. The third kappa shape index (κ3) is 4.12. The molecule has 1 amide bonds. The summed E-state index contributed by atoms with van der Waals surface area (Å²) in [6.07, 6.45) is 0.958. The lowest BCUT2D eigenvalue weighted by atomic mass is 9.93. The summed E-state index contributed by atoms with van der Waals surface area (Å²) in [5, 5.41) is 11.5. The van der Waals surface area contributed by atoms with Gasteiger partial charge in [0.2, 0.25) is 0 Å². The molecule has 1 unspecified atom stereocenters. The number of fused-ring (bicyclic) bond motifs is 1. The monoisotopic (exact) mass is 470 g/mol. The van der Waals surface area contributed by atoms with E-state index in [4.69, 9.17) is 0 Å². The number of hydrogen-bond donors (Lipinski definition) is 1. The number of nitrogens with one attached hydrogen (secondary N) is 1. The molecule has 10 heteroatoms. The van der Waals surface area contributed by atoms with Crippen LogP contribution in [-0.4, -0.2) is 31.7 Å². The van der Waals surface area contributed by atoms with Crippen molar-refractivity contribution in [3.63, 3.8) is 0 Å². The molecule has 1 N–H and O–H groups in total. The lowest BCUT2D eigenvalue weighted by Gasteiger charge is -2.28. The van der Waals surface area contributed by atoms with Crippen molar-refractivity contribution in [2.24, 2.45) is 7.05 Å². The van der Waals surface area contributed by atoms with Gasteiger partial charge >= 0.3 is 6.18 Å². The third-order valence-electron chi connectivity index (χ3n) is 6.70. The van der Waals surface area contributed by atoms with Crippen molar-refractivity contribution >= 4 is 17.5 Å². The number of aromatic nitrogens is 4. The quantitative estimate of drug-likeness (QED) is 0.565. The van der Waals surface area contributed by atoms with Crippen LogP contribution < -0.4 is 10.2 Å². The van der Waals surface area contributed by atoms with Crippen LogP contribution in [0.2, 0.25) is 0 Å². The summed E-state index contributed by atoms with van der Waals surface area (Å²) in [6.45, 7) is 1.88. The molecule has 7 nitrogen and oxygen atoms in total. The number of amides is 1. The van der Waals surface area contributed by atoms with Gasteiger partial charge in [-0.15, -0.1) is 10.2 Å². The number of benzene rings is 1. The maximum Gasteiger partial charge on any atom is 0.416 e. The summed E-state index contributed by atoms with van der Waals surface area (Å²) in [6, 6.07) is 7.81. The van der Waals surface area contributed by atoms with E-state index in [1.807, 2.05) is 24.6 Å². The van der Waals surface area contributed by atoms with Crippen LogP contribution in [-0.2, 0) is 26.2 Å². The minimum atomic E-state index is -4.53. The Bertz CT molecular complexity index is 1230. The van der Waals surface area contributed by atoms with Crippen LogP contribution >= 0.6 is 0 Å². The zero-order chi connectivity index (χ0) is 24.0. The second kappa shape index (κ2) is 8.41. The molecule has 1 aliphatic heterocycles. The predicted molar refractivity (Wildman–Crippen MR) is 121 cm³/mol. The number of alkyl halides is 3. The predicted octanol–water partition coefficient (Wildman–Crippen LogP) is 4.70. The Hall–Kier alpha value is -3.43. The Morgan fingerprint density at radius 3 is 2.68 bits per heavy atom. The Balaban J connectivity index is 1.50. The largest absolute Gasteiger partial charge is 0.416 e. The molecular formula is C24H25F3N6O. The SMILES string of the molecule is CC(Cc1nncn1C)c1cc(NC2CCC2)nc(N2Cc3c(cccc3C(F)(F)F)C2=O)c1. The molecule has 2 aromatic heterocycles. The first-order valence-electron chi connectivity index (χ1n) is 11.3. The Kier molecular flexibility index (Phi) is 5.53. The van der Waals surface area contributed by atoms with Crippen LogP contribution in [0.1, 0.15) is 65.0 Å². The van der Waals surface area contributed by atoms with Crippen LogP contribution in [0.5, 0.6) is 0 Å². The molecule has 34 heavy (non-hydrogen) atoms. The molecule has 0 spiro atoms. The van der Waals surface area contributed by atoms with Gasteiger partial charge in [-0.3, -0.25) is 9.69 Å². The standard InChI is InChI=1S/C24H25F3N6O/c1-14(9-22-31-28-13-32(22)2)15-10-20(29-16-5-3-6-16)30-21(11-15)33-12-18-17(23(33)34)7-4-8-19(18)24(25,26)27/h4,7-8,10-11,13-14,16H,3,5-6,9,12H2,1-2H3,(H,29,30). The molecular weight excluding hydrogens is 445 g/mol. The molecule has 1 saturated carbocycles. The molecule has 2 aliphatic rings. The molecule has 178 valence electrons. The van der Waals surface area contributed by atoms with E-state index in [9.17, 15) is 18.0 Å². The van der Waals surface area contributed by atoms with Crippen molar-refractivity contribution in [1.82, 2.24) is 19.7 Å². The van der Waals surface area contributed by atoms with Gasteiger partial charge in [0, 0.05) is 25.1 Å². The van der Waals surface area contributed by atoms with Crippen LogP contribution in [0.25, 0.3) is 0 Å². The highest BCUT2D eigenvalue weighted by molar-refractivity contribution is 6.10. The highest BCUT2D eigenvalue weighted by Gasteiger charge is 2.40. The molecule has 1 atom stereocenters. The van der Waals surface area contributed by atoms with Crippen molar-refractivity contribution in [2.45, 2.75) is 57.3 Å². The van der Waals surface area contributed by atoms with Crippen LogP contribution in [0, 0.1) is 0 Å². The number of carbonyl (C=O) groups is 1. The first-order valence-corrected chi connectivity index (χ1v) is 11.3. The van der Waals surface area contributed by atoms with Gasteiger partial charge in [0.25, 0.3) is 5.91 Å². The second-order valence-electron chi connectivity index (χ2n) is 9.10. The van der Waals surface area contributed by atoms with E-state index in [0.717, 1.165) is 36.7 Å². The Morgan fingerprint density at radius 1 is 1.24 bits per heavy atom. The number of halogens is 3. The fourth-order valence-corrected chi connectivity index (χ4v) is 4.46. The molecule has 0 saturated heterocycles. The first-order chi connectivity index (χ1) is 16.2. The van der Waals surface area contributed by atoms with E-state index >= 15 is 0 Å². The number of pyridine rings is 1. The second-order valence-corrected chi connectivity index (χ2v) is 9.10. The van der Waals surface area contributed by atoms with E-state index in [1.165, 1.54) is 17.0 Å². The molecule has 5 rings (SSSR count). The number of rotatable bonds is 6. The van der Waals surface area contributed by atoms with E-state index < -0.39 is 17.6 Å². The summed E-state index contributed by atoms with van der Waals surface area (Å²) >= 11 is 0. The van der Waals surface area contributed by atoms with E-state index in [1.54, 1.807) is 12.4 Å². The van der Waals surface area contributed by atoms with Gasteiger partial charge in [-0.2, -0.15) is 13.2 Å². The van der Waals surface area contributed by atoms with Gasteiger partial charge in [0.1, 0.15) is 23.8 Å². The van der Waals surface area contributed by atoms with E-state index in [0.29, 0.717) is 24.1 Å². The zero-order valence-corrected chi connectivity index (χ0v) is 18.9. The maximum atomic E-state index is 13.6. The van der Waals surface area contributed by atoms with Crippen LogP contribution in [0.3, 0.4) is 0 Å². The van der Waals surface area contributed by atoms with Gasteiger partial charge in [-0.05, 0) is 60.6 Å². The minimum absolute atomic E-state index is 0.00663. The number of hydrogen-bond acceptors (Lipinski definition) is 5. The van der Waals surface area contributed by atoms with E-state index in [-0.39, 0.29) is 23.6 Å². The zero-order valence-electron chi connectivity index (χ0n) is 18.9. The normalized spacial score (nSPS) is 17.0. The van der Waals surface area contributed by atoms with Crippen LogP contribution in [0.4, 0.5) is 24.8 Å². The average Bonchev–Trinajstić information content (AvgIpc) is 3.32. The van der Waals surface area contributed by atoms with Gasteiger partial charge in [-0.25, -0.2) is 4.98 Å². The Morgan fingerprint density at radius 2 is 2.03 bits per heavy atom. The fourth-order valence-electron chi connectivity index (χ4n) is 4.46. The van der Waals surface area contributed by atoms with Crippen molar-refractivity contribution in [1.29, 1.82) is 0 Å². The van der Waals surface area contributed by atoms with E-state index in [2.05, 4.69) is 20.5 Å². The summed E-state index contributed by atoms with van der Waals surface area (Å²) < 4.78 is 42.6. The molecule has 3 heterocycles. The molecule has 3 aromatic rings. The topological polar surface area (TPSA) is 75.9 Å². The molecule has 0 bridgehead atoms. The number of aryl methyl sites for hydroxylation is 1. The van der Waals surface area contributed by atoms with Crippen LogP contribution in [0.15, 0.2) is 36.7 Å². The lowest BCUT2D eigenvalue weighted by Crippen LogP contribution is -2.29. The molecule has 1 fully saturated rings. The van der Waals surface area contributed by atoms with Gasteiger partial charge in [0.05, 0.1) is 12.1 Å². The highest BCUT2D eigenvalue weighted by atomic mass is 19.4. The Labute approximate surface area is 195 Å². The summed E-state index contributed by atoms with van der Waals surface area (Å²) in [5.74, 6) is 1.35. The van der Waals surface area contributed by atoms with Gasteiger partial charge in [-0.1, -0.05) is 13.0 Å². The third-order valence-corrected chi connectivity index (χ3v) is 6.70.